The summed E-state index contributed by atoms with van der Waals surface area (Å²) in [7, 11) is -2.53. The normalized spacial score (nSPS) is 11.6. The summed E-state index contributed by atoms with van der Waals surface area (Å²) in [6, 6.07) is 13.9. The minimum Gasteiger partial charge on any atom is -0.496 e. The van der Waals surface area contributed by atoms with Crippen LogP contribution in [0.4, 0.5) is 0 Å². The largest absolute Gasteiger partial charge is 0.496 e. The first-order valence-electron chi connectivity index (χ1n) is 14.0. The number of nitrogens with one attached hydrogen (secondary N) is 2. The number of fused-ring (bicyclic) bond motifs is 2. The molecular weight excluding hydrogens is 650 g/mol. The lowest BCUT2D eigenvalue weighted by molar-refractivity contribution is -0.118. The maximum absolute atomic E-state index is 13.9. The second-order valence-electron chi connectivity index (χ2n) is 10.1. The molecule has 0 unspecified atom stereocenters. The van der Waals surface area contributed by atoms with Crippen molar-refractivity contribution >= 4 is 53.5 Å². The van der Waals surface area contributed by atoms with Gasteiger partial charge < -0.3 is 19.2 Å². The minimum atomic E-state index is -4.01. The fraction of sp³-hybridized carbons (Fsp3) is 0.250. The number of aryl methyl sites for hydroxylation is 1. The molecule has 0 aliphatic carbocycles. The predicted molar refractivity (Wildman–Crippen MR) is 174 cm³/mol. The van der Waals surface area contributed by atoms with Crippen LogP contribution in [0, 0.1) is 6.92 Å². The zero-order valence-corrected chi connectivity index (χ0v) is 27.1. The highest BCUT2D eigenvalue weighted by Crippen LogP contribution is 2.41. The molecule has 1 amide bonds. The van der Waals surface area contributed by atoms with E-state index in [1.807, 2.05) is 26.0 Å². The molecule has 0 fully saturated rings. The van der Waals surface area contributed by atoms with Crippen LogP contribution in [0.3, 0.4) is 0 Å². The van der Waals surface area contributed by atoms with Crippen molar-refractivity contribution in [2.45, 2.75) is 32.9 Å². The summed E-state index contributed by atoms with van der Waals surface area (Å²) in [6.45, 7) is 6.30. The van der Waals surface area contributed by atoms with Crippen LogP contribution < -0.4 is 24.5 Å². The van der Waals surface area contributed by atoms with Crippen molar-refractivity contribution in [3.8, 4) is 22.9 Å². The molecular formula is C32H32BrN3O7S. The molecule has 5 aromatic rings. The summed E-state index contributed by atoms with van der Waals surface area (Å²) >= 11 is 3.35. The zero-order chi connectivity index (χ0) is 31.6. The van der Waals surface area contributed by atoms with Gasteiger partial charge in [0, 0.05) is 27.8 Å². The Balaban J connectivity index is 1.46. The monoisotopic (exact) mass is 681 g/mol. The summed E-state index contributed by atoms with van der Waals surface area (Å²) in [5.41, 5.74) is 2.70. The van der Waals surface area contributed by atoms with E-state index in [2.05, 4.69) is 25.6 Å². The number of methoxy groups -OCH3 is 1. The molecule has 12 heteroatoms. The van der Waals surface area contributed by atoms with Crippen molar-refractivity contribution in [3.63, 3.8) is 0 Å². The average Bonchev–Trinajstić information content (AvgIpc) is 3.31. The first kappa shape index (κ1) is 31.1. The number of carbonyl (C=O) groups is 1. The summed E-state index contributed by atoms with van der Waals surface area (Å²) in [5, 5.41) is 1.74. The summed E-state index contributed by atoms with van der Waals surface area (Å²) < 4.78 is 47.5. The van der Waals surface area contributed by atoms with E-state index < -0.39 is 21.7 Å². The van der Waals surface area contributed by atoms with E-state index in [0.717, 1.165) is 15.4 Å². The number of pyridine rings is 1. The topological polar surface area (TPSA) is 129 Å². The van der Waals surface area contributed by atoms with Crippen LogP contribution in [0.2, 0.25) is 0 Å². The van der Waals surface area contributed by atoms with Crippen LogP contribution >= 0.6 is 15.9 Å². The molecule has 0 aliphatic heterocycles. The fourth-order valence-corrected chi connectivity index (χ4v) is 6.85. The standard InChI is InChI=1S/C32H32BrN3O7S/c1-5-42-30-23-8-7-13-34-29(23)31(43-6-2)24-17-36(32(38)28(24)30)25-11-9-20(14-19(25)3)18-44(39,40)35-27(37)16-21-15-22(33)10-12-26(21)41-4/h7-15,17,34H,5-6,16,18H2,1-4H3,(H,35,37). The highest BCUT2D eigenvalue weighted by molar-refractivity contribution is 9.10. The number of halogens is 1. The van der Waals surface area contributed by atoms with Gasteiger partial charge in [0.2, 0.25) is 15.9 Å². The van der Waals surface area contributed by atoms with Crippen molar-refractivity contribution in [1.29, 1.82) is 0 Å². The van der Waals surface area contributed by atoms with Gasteiger partial charge >= 0.3 is 0 Å². The second kappa shape index (κ2) is 12.7. The Morgan fingerprint density at radius 2 is 1.77 bits per heavy atom. The number of H-pyrrole nitrogens is 1. The average molecular weight is 683 g/mol. The number of aromatic amines is 1. The number of aromatic nitrogens is 2. The van der Waals surface area contributed by atoms with Crippen molar-refractivity contribution in [3.05, 3.63) is 92.4 Å². The van der Waals surface area contributed by atoms with Crippen molar-refractivity contribution < 1.29 is 27.4 Å². The van der Waals surface area contributed by atoms with Crippen LogP contribution in [-0.4, -0.2) is 44.2 Å². The lowest BCUT2D eigenvalue weighted by atomic mass is 10.1. The van der Waals surface area contributed by atoms with E-state index in [4.69, 9.17) is 14.2 Å². The van der Waals surface area contributed by atoms with E-state index in [1.165, 1.54) is 11.7 Å². The minimum absolute atomic E-state index is 0.173. The molecule has 0 radical (unpaired) electrons. The predicted octanol–water partition coefficient (Wildman–Crippen LogP) is 5.54. The van der Waals surface area contributed by atoms with Crippen LogP contribution in [0.25, 0.3) is 27.4 Å². The molecule has 0 atom stereocenters. The van der Waals surface area contributed by atoms with Crippen molar-refractivity contribution in [1.82, 2.24) is 14.3 Å². The molecule has 3 aromatic carbocycles. The maximum Gasteiger partial charge on any atom is 0.266 e. The van der Waals surface area contributed by atoms with Crippen LogP contribution in [-0.2, 0) is 27.0 Å². The van der Waals surface area contributed by atoms with Gasteiger partial charge in [0.25, 0.3) is 5.56 Å². The number of rotatable bonds is 11. The molecule has 0 spiro atoms. The molecule has 44 heavy (non-hydrogen) atoms. The molecule has 0 saturated heterocycles. The van der Waals surface area contributed by atoms with Gasteiger partial charge in [-0.15, -0.1) is 0 Å². The molecule has 230 valence electrons. The Kier molecular flexibility index (Phi) is 9.02. The van der Waals surface area contributed by atoms with Gasteiger partial charge in [-0.3, -0.25) is 18.9 Å². The Labute approximate surface area is 263 Å². The summed E-state index contributed by atoms with van der Waals surface area (Å²) in [4.78, 5) is 29.8. The van der Waals surface area contributed by atoms with Gasteiger partial charge in [-0.2, -0.15) is 0 Å². The molecule has 2 N–H and O–H groups in total. The molecule has 2 aromatic heterocycles. The van der Waals surface area contributed by atoms with Crippen molar-refractivity contribution in [2.75, 3.05) is 20.3 Å². The lowest BCUT2D eigenvalue weighted by Gasteiger charge is -2.13. The zero-order valence-electron chi connectivity index (χ0n) is 24.7. The molecule has 10 nitrogen and oxygen atoms in total. The van der Waals surface area contributed by atoms with Gasteiger partial charge in [0.15, 0.2) is 5.75 Å². The first-order chi connectivity index (χ1) is 21.1. The van der Waals surface area contributed by atoms with E-state index >= 15 is 0 Å². The number of hydrogen-bond donors (Lipinski definition) is 2. The van der Waals surface area contributed by atoms with E-state index in [-0.39, 0.29) is 12.0 Å². The summed E-state index contributed by atoms with van der Waals surface area (Å²) in [6.07, 6.45) is 3.34. The molecule has 0 bridgehead atoms. The lowest BCUT2D eigenvalue weighted by Crippen LogP contribution is -2.32. The van der Waals surface area contributed by atoms with Gasteiger partial charge in [-0.25, -0.2) is 8.42 Å². The number of ether oxygens (including phenoxy) is 3. The smallest absolute Gasteiger partial charge is 0.266 e. The van der Waals surface area contributed by atoms with E-state index in [1.54, 1.807) is 55.7 Å². The quantitative estimate of drug-likeness (QED) is 0.187. The van der Waals surface area contributed by atoms with Crippen molar-refractivity contribution in [2.24, 2.45) is 0 Å². The number of nitrogens with zero attached hydrogens (tertiary/aromatic N) is 1. The van der Waals surface area contributed by atoms with E-state index in [0.29, 0.717) is 63.6 Å². The van der Waals surface area contributed by atoms with Gasteiger partial charge in [-0.05, 0) is 68.3 Å². The number of carbonyl (C=O) groups excluding carboxylic acids is 1. The van der Waals surface area contributed by atoms with Crippen LogP contribution in [0.5, 0.6) is 17.2 Å². The number of sulfonamides is 1. The van der Waals surface area contributed by atoms with E-state index in [9.17, 15) is 18.0 Å². The highest BCUT2D eigenvalue weighted by Gasteiger charge is 2.23. The molecule has 5 rings (SSSR count). The third kappa shape index (κ3) is 6.18. The SMILES string of the molecule is CCOc1c2cn(-c3ccc(CS(=O)(=O)NC(=O)Cc4cc(Br)ccc4OC)cc3C)c(=O)c2c(OCC)c2ccc[nH]c12. The highest BCUT2D eigenvalue weighted by atomic mass is 79.9. The Morgan fingerprint density at radius 3 is 2.48 bits per heavy atom. The van der Waals surface area contributed by atoms with Gasteiger partial charge in [0.05, 0.1) is 54.5 Å². The maximum atomic E-state index is 13.9. The third-order valence-corrected chi connectivity index (χ3v) is 8.82. The van der Waals surface area contributed by atoms with Crippen LogP contribution in [0.15, 0.2) is 70.2 Å². The molecule has 2 heterocycles. The molecule has 0 saturated carbocycles. The number of amides is 1. The fourth-order valence-electron chi connectivity index (χ4n) is 5.33. The Hall–Kier alpha value is -4.29. The first-order valence-corrected chi connectivity index (χ1v) is 16.4. The van der Waals surface area contributed by atoms with Crippen LogP contribution in [0.1, 0.15) is 30.5 Å². The van der Waals surface area contributed by atoms with Gasteiger partial charge in [-0.1, -0.05) is 28.1 Å². The second-order valence-corrected chi connectivity index (χ2v) is 12.8. The summed E-state index contributed by atoms with van der Waals surface area (Å²) in [5.74, 6) is 0.407. The third-order valence-electron chi connectivity index (χ3n) is 7.08. The number of hydrogen-bond acceptors (Lipinski definition) is 7. The number of benzene rings is 3. The Morgan fingerprint density at radius 1 is 1.02 bits per heavy atom. The Bertz CT molecular complexity index is 2050. The molecule has 0 aliphatic rings. The van der Waals surface area contributed by atoms with Gasteiger partial charge in [0.1, 0.15) is 11.5 Å².